The lowest BCUT2D eigenvalue weighted by molar-refractivity contribution is -0.143. The van der Waals surface area contributed by atoms with Gasteiger partial charge in [-0.15, -0.1) is 0 Å². The summed E-state index contributed by atoms with van der Waals surface area (Å²) in [6, 6.07) is -0.625. The Balaban J connectivity index is 3.33. The summed E-state index contributed by atoms with van der Waals surface area (Å²) in [7, 11) is 0. The molecule has 0 aromatic heterocycles. The normalized spacial score (nSPS) is 12.7. The van der Waals surface area contributed by atoms with Gasteiger partial charge in [-0.3, -0.25) is 9.59 Å². The smallest absolute Gasteiger partial charge is 0.305 e. The molecule has 0 heterocycles. The van der Waals surface area contributed by atoms with Crippen LogP contribution >= 0.6 is 0 Å². The molecule has 0 saturated heterocycles. The maximum absolute atomic E-state index is 12.5. The lowest BCUT2D eigenvalue weighted by Crippen LogP contribution is -2.45. The fourth-order valence-electron chi connectivity index (χ4n) is 12.8. The number of hydrogen-bond acceptors (Lipinski definition) is 5. The van der Waals surface area contributed by atoms with Crippen molar-refractivity contribution < 1.29 is 24.5 Å². The zero-order chi connectivity index (χ0) is 64.9. The minimum absolute atomic E-state index is 0.0154. The third-order valence-corrected chi connectivity index (χ3v) is 19.1. The van der Waals surface area contributed by atoms with Crippen LogP contribution in [0, 0.1) is 0 Å². The molecule has 0 aliphatic heterocycles. The van der Waals surface area contributed by atoms with E-state index in [-0.39, 0.29) is 18.5 Å². The number of esters is 1. The molecule has 0 aliphatic rings. The van der Waals surface area contributed by atoms with Gasteiger partial charge in [0.25, 0.3) is 0 Å². The molecule has 0 aromatic rings. The van der Waals surface area contributed by atoms with Crippen LogP contribution < -0.4 is 5.32 Å². The number of ether oxygens (including phenoxy) is 1. The molecule has 6 heteroatoms. The number of amides is 1. The standard InChI is InChI=1S/C84H159NO5/c1-3-5-7-9-11-13-15-17-19-21-46-50-54-58-62-66-70-74-78-84(89)90-79-75-71-67-63-59-55-51-47-44-42-40-38-36-34-32-30-28-26-24-22-23-25-27-29-31-33-35-37-39-41-43-45-49-53-57-61-65-69-73-77-83(88)85-81(80-86)82(87)76-72-68-64-60-56-52-48-20-18-16-14-12-10-8-6-4-2/h13,15,19,21-23,72,76,81-82,86-87H,3-12,14,16-18,20,24-71,73-75,77-80H2,1-2H3,(H,85,88)/b15-13-,21-19-,23-22-,76-72+. The predicted molar refractivity (Wildman–Crippen MR) is 398 cm³/mol. The number of carbonyl (C=O) groups excluding carboxylic acids is 2. The Kier molecular flexibility index (Phi) is 77.3. The van der Waals surface area contributed by atoms with Crippen molar-refractivity contribution in [2.45, 2.75) is 463 Å². The molecule has 1 amide bonds. The van der Waals surface area contributed by atoms with E-state index in [0.29, 0.717) is 19.4 Å². The summed E-state index contributed by atoms with van der Waals surface area (Å²) >= 11 is 0. The first-order chi connectivity index (χ1) is 44.5. The van der Waals surface area contributed by atoms with E-state index >= 15 is 0 Å². The zero-order valence-corrected chi connectivity index (χ0v) is 60.9. The Labute approximate surface area is 563 Å². The zero-order valence-electron chi connectivity index (χ0n) is 60.9. The molecule has 0 spiro atoms. The van der Waals surface area contributed by atoms with Gasteiger partial charge in [-0.05, 0) is 89.9 Å². The quantitative estimate of drug-likeness (QED) is 0.0320. The number of nitrogens with one attached hydrogen (secondary N) is 1. The Bertz CT molecular complexity index is 1500. The average molecular weight is 1260 g/mol. The van der Waals surface area contributed by atoms with Crippen LogP contribution in [-0.4, -0.2) is 47.4 Å². The van der Waals surface area contributed by atoms with Crippen molar-refractivity contribution in [2.24, 2.45) is 0 Å². The summed E-state index contributed by atoms with van der Waals surface area (Å²) in [6.45, 7) is 4.92. The fourth-order valence-corrected chi connectivity index (χ4v) is 12.8. The second-order valence-electron chi connectivity index (χ2n) is 28.1. The van der Waals surface area contributed by atoms with Gasteiger partial charge < -0.3 is 20.3 Å². The molecule has 90 heavy (non-hydrogen) atoms. The molecular weight excluding hydrogens is 1100 g/mol. The van der Waals surface area contributed by atoms with Crippen molar-refractivity contribution in [3.63, 3.8) is 0 Å². The van der Waals surface area contributed by atoms with E-state index < -0.39 is 12.1 Å². The summed E-state index contributed by atoms with van der Waals surface area (Å²) in [6.07, 6.45) is 105. The number of unbranched alkanes of at least 4 members (excludes halogenated alkanes) is 60. The van der Waals surface area contributed by atoms with Crippen LogP contribution in [0.5, 0.6) is 0 Å². The van der Waals surface area contributed by atoms with Gasteiger partial charge in [-0.2, -0.15) is 0 Å². The highest BCUT2D eigenvalue weighted by molar-refractivity contribution is 5.76. The Morgan fingerprint density at radius 1 is 0.311 bits per heavy atom. The van der Waals surface area contributed by atoms with E-state index in [0.717, 1.165) is 51.4 Å². The van der Waals surface area contributed by atoms with Crippen LogP contribution in [0.4, 0.5) is 0 Å². The molecule has 530 valence electrons. The Morgan fingerprint density at radius 2 is 0.556 bits per heavy atom. The Hall–Kier alpha value is -2.18. The molecule has 0 fully saturated rings. The number of hydrogen-bond donors (Lipinski definition) is 3. The van der Waals surface area contributed by atoms with E-state index in [4.69, 9.17) is 4.74 Å². The van der Waals surface area contributed by atoms with E-state index in [1.54, 1.807) is 6.08 Å². The summed E-state index contributed by atoms with van der Waals surface area (Å²) in [4.78, 5) is 24.6. The summed E-state index contributed by atoms with van der Waals surface area (Å²) < 4.78 is 5.51. The molecule has 3 N–H and O–H groups in total. The molecule has 0 saturated carbocycles. The lowest BCUT2D eigenvalue weighted by Gasteiger charge is -2.20. The highest BCUT2D eigenvalue weighted by Gasteiger charge is 2.18. The van der Waals surface area contributed by atoms with Gasteiger partial charge >= 0.3 is 5.97 Å². The third-order valence-electron chi connectivity index (χ3n) is 19.1. The van der Waals surface area contributed by atoms with Gasteiger partial charge in [0.15, 0.2) is 0 Å². The maximum atomic E-state index is 12.5. The van der Waals surface area contributed by atoms with E-state index in [1.165, 1.54) is 372 Å². The highest BCUT2D eigenvalue weighted by Crippen LogP contribution is 2.20. The first-order valence-electron chi connectivity index (χ1n) is 40.9. The SMILES string of the molecule is CCCCCC/C=C\C/C=C\CCCCCCCCCC(=O)OCCCCCCCCCCCCCCCCCCCC/C=C\CCCCCCCCCCCCCCCCCCCC(=O)NC(CO)C(O)/C=C/CCCCCCCCCCCCCCCC. The van der Waals surface area contributed by atoms with Gasteiger partial charge in [0.05, 0.1) is 25.4 Å². The average Bonchev–Trinajstić information content (AvgIpc) is 3.72. The maximum Gasteiger partial charge on any atom is 0.305 e. The predicted octanol–water partition coefficient (Wildman–Crippen LogP) is 27.2. The second kappa shape index (κ2) is 79.3. The number of rotatable bonds is 77. The van der Waals surface area contributed by atoms with Crippen molar-refractivity contribution in [3.8, 4) is 0 Å². The van der Waals surface area contributed by atoms with Crippen molar-refractivity contribution in [2.75, 3.05) is 13.2 Å². The van der Waals surface area contributed by atoms with Gasteiger partial charge in [0.2, 0.25) is 5.91 Å². The number of aliphatic hydroxyl groups is 2. The molecule has 0 bridgehead atoms. The summed E-state index contributed by atoms with van der Waals surface area (Å²) in [5, 5.41) is 23.2. The minimum Gasteiger partial charge on any atom is -0.466 e. The van der Waals surface area contributed by atoms with Gasteiger partial charge in [0.1, 0.15) is 0 Å². The van der Waals surface area contributed by atoms with Crippen LogP contribution in [0.15, 0.2) is 48.6 Å². The monoisotopic (exact) mass is 1260 g/mol. The highest BCUT2D eigenvalue weighted by atomic mass is 16.5. The molecule has 0 aliphatic carbocycles. The molecule has 0 radical (unpaired) electrons. The van der Waals surface area contributed by atoms with Crippen LogP contribution in [0.1, 0.15) is 450 Å². The third kappa shape index (κ3) is 74.9. The lowest BCUT2D eigenvalue weighted by atomic mass is 10.0. The number of allylic oxidation sites excluding steroid dienone is 7. The number of carbonyl (C=O) groups is 2. The molecule has 0 aromatic carbocycles. The summed E-state index contributed by atoms with van der Waals surface area (Å²) in [5.41, 5.74) is 0. The van der Waals surface area contributed by atoms with Gasteiger partial charge in [0, 0.05) is 12.8 Å². The molecule has 2 atom stereocenters. The van der Waals surface area contributed by atoms with E-state index in [1.807, 2.05) is 6.08 Å². The second-order valence-corrected chi connectivity index (χ2v) is 28.1. The van der Waals surface area contributed by atoms with Crippen LogP contribution in [0.2, 0.25) is 0 Å². The fraction of sp³-hybridized carbons (Fsp3) is 0.881. The molecular formula is C84H159NO5. The van der Waals surface area contributed by atoms with Crippen molar-refractivity contribution in [3.05, 3.63) is 48.6 Å². The minimum atomic E-state index is -0.842. The van der Waals surface area contributed by atoms with Crippen molar-refractivity contribution >= 4 is 11.9 Å². The van der Waals surface area contributed by atoms with Crippen molar-refractivity contribution in [1.29, 1.82) is 0 Å². The topological polar surface area (TPSA) is 95.9 Å². The van der Waals surface area contributed by atoms with Gasteiger partial charge in [-0.25, -0.2) is 0 Å². The first-order valence-corrected chi connectivity index (χ1v) is 40.9. The molecule has 6 nitrogen and oxygen atoms in total. The van der Waals surface area contributed by atoms with Crippen LogP contribution in [0.3, 0.4) is 0 Å². The van der Waals surface area contributed by atoms with Crippen molar-refractivity contribution in [1.82, 2.24) is 5.32 Å². The molecule has 2 unspecified atom stereocenters. The summed E-state index contributed by atoms with van der Waals surface area (Å²) in [5.74, 6) is -0.0452. The van der Waals surface area contributed by atoms with Crippen LogP contribution in [0.25, 0.3) is 0 Å². The van der Waals surface area contributed by atoms with Gasteiger partial charge in [-0.1, -0.05) is 396 Å². The Morgan fingerprint density at radius 3 is 0.867 bits per heavy atom. The van der Waals surface area contributed by atoms with E-state index in [2.05, 4.69) is 55.6 Å². The number of aliphatic hydroxyl groups excluding tert-OH is 2. The first kappa shape index (κ1) is 87.8. The van der Waals surface area contributed by atoms with Crippen LogP contribution in [-0.2, 0) is 14.3 Å². The largest absolute Gasteiger partial charge is 0.466 e. The van der Waals surface area contributed by atoms with E-state index in [9.17, 15) is 19.8 Å². The molecule has 0 rings (SSSR count).